The molecular weight excluding hydrogens is 862 g/mol. The average molecular weight is 914 g/mol. The Morgan fingerprint density at radius 2 is 1.72 bits per heavy atom. The predicted octanol–water partition coefficient (Wildman–Crippen LogP) is 7.46. The Kier molecular flexibility index (Phi) is 13.8. The number of fused-ring (bicyclic) bond motifs is 3. The van der Waals surface area contributed by atoms with Crippen LogP contribution in [-0.4, -0.2) is 74.2 Å². The molecule has 1 saturated heterocycles. The zero-order chi connectivity index (χ0) is 47.4. The molecule has 2 aliphatic heterocycles. The number of nitrogens with zero attached hydrogens (tertiary/aromatic N) is 4. The largest absolute Gasteiger partial charge is 0.493 e. The van der Waals surface area contributed by atoms with E-state index in [1.54, 1.807) is 42.8 Å². The van der Waals surface area contributed by atoms with Gasteiger partial charge in [0.1, 0.15) is 24.2 Å². The van der Waals surface area contributed by atoms with E-state index in [9.17, 15) is 29.1 Å². The Labute approximate surface area is 385 Å². The van der Waals surface area contributed by atoms with Crippen LogP contribution in [-0.2, 0) is 29.6 Å². The lowest BCUT2D eigenvalue weighted by Crippen LogP contribution is -2.52. The zero-order valence-electron chi connectivity index (χ0n) is 37.7. The summed E-state index contributed by atoms with van der Waals surface area (Å²) in [4.78, 5) is 74.2. The summed E-state index contributed by atoms with van der Waals surface area (Å²) < 4.78 is 35.0. The molecule has 0 aliphatic carbocycles. The van der Waals surface area contributed by atoms with Gasteiger partial charge < -0.3 is 39.4 Å². The maximum Gasteiger partial charge on any atom is 0.261 e. The highest BCUT2D eigenvalue weighted by atomic mass is 19.1. The summed E-state index contributed by atoms with van der Waals surface area (Å²) in [6.45, 7) is 4.40. The lowest BCUT2D eigenvalue weighted by Gasteiger charge is -2.29. The number of piperidine rings is 1. The summed E-state index contributed by atoms with van der Waals surface area (Å²) in [6.07, 6.45) is 6.50. The van der Waals surface area contributed by atoms with Crippen molar-refractivity contribution < 1.29 is 42.9 Å². The number of amides is 4. The van der Waals surface area contributed by atoms with Gasteiger partial charge >= 0.3 is 0 Å². The van der Waals surface area contributed by atoms with Gasteiger partial charge in [0.2, 0.25) is 23.1 Å². The van der Waals surface area contributed by atoms with Crippen molar-refractivity contribution in [2.45, 2.75) is 90.4 Å². The number of benzene rings is 4. The van der Waals surface area contributed by atoms with Gasteiger partial charge in [0, 0.05) is 60.2 Å². The molecule has 8 rings (SSSR count). The Morgan fingerprint density at radius 3 is 2.49 bits per heavy atom. The van der Waals surface area contributed by atoms with Crippen molar-refractivity contribution in [3.05, 3.63) is 117 Å². The molecule has 0 radical (unpaired) electrons. The van der Waals surface area contributed by atoms with E-state index in [1.807, 2.05) is 31.2 Å². The van der Waals surface area contributed by atoms with Crippen LogP contribution in [0.15, 0.2) is 77.9 Å². The van der Waals surface area contributed by atoms with Crippen LogP contribution >= 0.6 is 0 Å². The molecule has 2 aliphatic rings. The minimum absolute atomic E-state index is 0.0222. The van der Waals surface area contributed by atoms with Crippen LogP contribution in [0.4, 0.5) is 15.8 Å². The number of aryl methyl sites for hydroxylation is 2. The second kappa shape index (κ2) is 20.0. The van der Waals surface area contributed by atoms with Gasteiger partial charge in [-0.15, -0.1) is 0 Å². The van der Waals surface area contributed by atoms with Gasteiger partial charge in [-0.1, -0.05) is 38.3 Å². The number of carbonyl (C=O) groups is 4. The number of halogens is 1. The third-order valence-electron chi connectivity index (χ3n) is 12.4. The molecule has 1 fully saturated rings. The first-order valence-electron chi connectivity index (χ1n) is 22.4. The van der Waals surface area contributed by atoms with Gasteiger partial charge in [-0.25, -0.2) is 14.4 Å². The molecule has 0 spiro atoms. The van der Waals surface area contributed by atoms with E-state index in [-0.39, 0.29) is 41.1 Å². The molecule has 67 heavy (non-hydrogen) atoms. The third kappa shape index (κ3) is 9.92. The Morgan fingerprint density at radius 1 is 0.925 bits per heavy atom. The molecule has 2 atom stereocenters. The van der Waals surface area contributed by atoms with Crippen molar-refractivity contribution in [2.24, 2.45) is 7.05 Å². The number of hydrogen-bond donors (Lipinski definition) is 4. The Bertz CT molecular complexity index is 2980. The number of aromatic nitrogens is 3. The van der Waals surface area contributed by atoms with E-state index >= 15 is 4.39 Å². The number of ether oxygens (including phenoxy) is 3. The smallest absolute Gasteiger partial charge is 0.261 e. The highest BCUT2D eigenvalue weighted by Gasteiger charge is 2.39. The molecule has 4 aromatic carbocycles. The van der Waals surface area contributed by atoms with Crippen LogP contribution in [0, 0.1) is 12.7 Å². The van der Waals surface area contributed by atoms with Crippen LogP contribution < -0.4 is 35.6 Å². The summed E-state index contributed by atoms with van der Waals surface area (Å²) in [5.41, 5.74) is 4.26. The first-order valence-corrected chi connectivity index (χ1v) is 22.4. The van der Waals surface area contributed by atoms with E-state index in [0.29, 0.717) is 76.2 Å². The van der Waals surface area contributed by atoms with E-state index in [4.69, 9.17) is 14.2 Å². The van der Waals surface area contributed by atoms with E-state index in [0.717, 1.165) is 55.7 Å². The first kappa shape index (κ1) is 46.1. The number of aliphatic hydroxyl groups excluding tert-OH is 1. The molecule has 2 aromatic heterocycles. The van der Waals surface area contributed by atoms with Crippen molar-refractivity contribution in [3.63, 3.8) is 0 Å². The topological polar surface area (TPSA) is 203 Å². The quantitative estimate of drug-likeness (QED) is 0.0377. The van der Waals surface area contributed by atoms with Crippen molar-refractivity contribution in [3.8, 4) is 23.1 Å². The number of unbranched alkanes of at least 4 members (excludes halogenated alkanes) is 4. The number of methoxy groups -OCH3 is 1. The monoisotopic (exact) mass is 913 g/mol. The SMILES string of the molecule is CCc1ccc2c(c1)c(=O)c(C(=O)Nc1ccc(Oc3ncnc4cc(OCCCCCCCC(O)Nc5ccc6c(c5)C(=O)N(C5CCC(=O)NC5=O)C6)c(OC)cc34)c(F)c1)c(C)n2C. The highest BCUT2D eigenvalue weighted by molar-refractivity contribution is 6.07. The molecule has 4 heterocycles. The number of nitrogens with one attached hydrogen (secondary N) is 3. The Balaban J connectivity index is 0.798. The van der Waals surface area contributed by atoms with Gasteiger partial charge in [0.25, 0.3) is 11.8 Å². The minimum atomic E-state index is -0.808. The fraction of sp³-hybridized carbons (Fsp3) is 0.340. The molecular formula is C50H52FN7O9. The summed E-state index contributed by atoms with van der Waals surface area (Å²) in [5, 5.41) is 19.6. The number of imide groups is 1. The van der Waals surface area contributed by atoms with Gasteiger partial charge in [-0.3, -0.25) is 29.3 Å². The summed E-state index contributed by atoms with van der Waals surface area (Å²) in [7, 11) is 3.30. The number of hydrogen-bond acceptors (Lipinski definition) is 12. The molecule has 4 N–H and O–H groups in total. The Hall–Kier alpha value is -7.40. The van der Waals surface area contributed by atoms with Gasteiger partial charge in [0.05, 0.1) is 30.1 Å². The van der Waals surface area contributed by atoms with Gasteiger partial charge in [-0.05, 0) is 92.6 Å². The van der Waals surface area contributed by atoms with Crippen molar-refractivity contribution in [1.82, 2.24) is 24.8 Å². The lowest BCUT2D eigenvalue weighted by atomic mass is 10.0. The fourth-order valence-electron chi connectivity index (χ4n) is 8.61. The molecule has 348 valence electrons. The highest BCUT2D eigenvalue weighted by Crippen LogP contribution is 2.37. The maximum atomic E-state index is 15.5. The van der Waals surface area contributed by atoms with E-state index in [2.05, 4.69) is 25.9 Å². The number of rotatable bonds is 18. The normalized spacial score (nSPS) is 15.1. The molecule has 0 saturated carbocycles. The molecule has 16 nitrogen and oxygen atoms in total. The third-order valence-corrected chi connectivity index (χ3v) is 12.4. The molecule has 0 bridgehead atoms. The van der Waals surface area contributed by atoms with Crippen molar-refractivity contribution in [2.75, 3.05) is 24.4 Å². The molecule has 17 heteroatoms. The number of aliphatic hydroxyl groups is 1. The second-order valence-corrected chi connectivity index (χ2v) is 16.8. The number of carbonyl (C=O) groups excluding carboxylic acids is 4. The van der Waals surface area contributed by atoms with Crippen LogP contribution in [0.1, 0.15) is 95.8 Å². The molecule has 2 unspecified atom stereocenters. The fourth-order valence-corrected chi connectivity index (χ4v) is 8.61. The van der Waals surface area contributed by atoms with E-state index in [1.165, 1.54) is 30.5 Å². The number of pyridine rings is 1. The summed E-state index contributed by atoms with van der Waals surface area (Å²) in [6, 6.07) is 17.6. The molecule has 4 amide bonds. The van der Waals surface area contributed by atoms with Crippen LogP contribution in [0.3, 0.4) is 0 Å². The lowest BCUT2D eigenvalue weighted by molar-refractivity contribution is -0.136. The number of anilines is 2. The van der Waals surface area contributed by atoms with Gasteiger partial charge in [-0.2, -0.15) is 0 Å². The first-order chi connectivity index (χ1) is 32.3. The zero-order valence-corrected chi connectivity index (χ0v) is 37.7. The van der Waals surface area contributed by atoms with Crippen LogP contribution in [0.25, 0.3) is 21.8 Å². The summed E-state index contributed by atoms with van der Waals surface area (Å²) >= 11 is 0. The summed E-state index contributed by atoms with van der Waals surface area (Å²) in [5.74, 6) is -1.66. The van der Waals surface area contributed by atoms with Crippen molar-refractivity contribution in [1.29, 1.82) is 0 Å². The van der Waals surface area contributed by atoms with Crippen LogP contribution in [0.5, 0.6) is 23.1 Å². The van der Waals surface area contributed by atoms with Gasteiger partial charge in [0.15, 0.2) is 23.1 Å². The van der Waals surface area contributed by atoms with Crippen LogP contribution in [0.2, 0.25) is 0 Å². The molecule has 6 aromatic rings. The maximum absolute atomic E-state index is 15.5. The van der Waals surface area contributed by atoms with E-state index < -0.39 is 35.3 Å². The average Bonchev–Trinajstić information content (AvgIpc) is 3.64. The standard InChI is InChI=1S/C50H52FN7O9/c1-5-29-12-16-38-35(21-29)46(61)45(28(2)57(38)3)48(63)55-32-15-18-40(36(51)23-32)67-49-34-24-41(65-4)42(25-37(34)52-27-53-49)66-20-10-8-6-7-9-11-43(59)54-31-14-13-30-26-58(50(64)33(30)22-31)39-17-19-44(60)56-47(39)62/h12-16,18,21-25,27,39,43,54,59H,5-11,17,19-20,26H2,1-4H3,(H,55,63)(H,56,60,62). The minimum Gasteiger partial charge on any atom is -0.493 e. The predicted molar refractivity (Wildman–Crippen MR) is 249 cm³/mol. The van der Waals surface area contributed by atoms with Crippen molar-refractivity contribution >= 4 is 56.8 Å². The second-order valence-electron chi connectivity index (χ2n) is 16.8.